The summed E-state index contributed by atoms with van der Waals surface area (Å²) in [4.78, 5) is 0. The standard InChI is InChI=1S/C11H25N/c1-4-6-10(3)8-11(9-12)7-5-2/h10-11H,4-9,12H2,1-3H3. The number of nitrogens with two attached hydrogens (primary N) is 1. The summed E-state index contributed by atoms with van der Waals surface area (Å²) >= 11 is 0. The third kappa shape index (κ3) is 5.59. The summed E-state index contributed by atoms with van der Waals surface area (Å²) in [6.45, 7) is 7.73. The van der Waals surface area contributed by atoms with Crippen molar-refractivity contribution in [2.75, 3.05) is 6.54 Å². The zero-order chi connectivity index (χ0) is 9.40. The molecule has 1 heteroatoms. The molecule has 0 aromatic rings. The van der Waals surface area contributed by atoms with Gasteiger partial charge in [-0.2, -0.15) is 0 Å². The number of rotatable bonds is 7. The van der Waals surface area contributed by atoms with Gasteiger partial charge in [0.25, 0.3) is 0 Å². The molecule has 0 heterocycles. The zero-order valence-corrected chi connectivity index (χ0v) is 8.97. The maximum absolute atomic E-state index is 5.70. The largest absolute Gasteiger partial charge is 0.330 e. The first kappa shape index (κ1) is 12.0. The lowest BCUT2D eigenvalue weighted by atomic mass is 9.90. The Morgan fingerprint density at radius 3 is 2.08 bits per heavy atom. The van der Waals surface area contributed by atoms with Crippen LogP contribution in [0.15, 0.2) is 0 Å². The molecule has 2 unspecified atom stereocenters. The topological polar surface area (TPSA) is 26.0 Å². The molecule has 74 valence electrons. The summed E-state index contributed by atoms with van der Waals surface area (Å²) in [5.41, 5.74) is 5.70. The number of hydrogen-bond donors (Lipinski definition) is 1. The van der Waals surface area contributed by atoms with E-state index in [9.17, 15) is 0 Å². The van der Waals surface area contributed by atoms with E-state index in [1.807, 2.05) is 0 Å². The first-order valence-electron chi connectivity index (χ1n) is 5.44. The van der Waals surface area contributed by atoms with Crippen LogP contribution in [-0.2, 0) is 0 Å². The Morgan fingerprint density at radius 1 is 1.08 bits per heavy atom. The molecule has 0 spiro atoms. The van der Waals surface area contributed by atoms with E-state index in [1.54, 1.807) is 0 Å². The third-order valence-corrected chi connectivity index (χ3v) is 2.55. The fourth-order valence-electron chi connectivity index (χ4n) is 1.92. The highest BCUT2D eigenvalue weighted by atomic mass is 14.5. The van der Waals surface area contributed by atoms with Gasteiger partial charge in [-0.25, -0.2) is 0 Å². The van der Waals surface area contributed by atoms with Gasteiger partial charge in [-0.15, -0.1) is 0 Å². The van der Waals surface area contributed by atoms with Gasteiger partial charge >= 0.3 is 0 Å². The predicted octanol–water partition coefficient (Wildman–Crippen LogP) is 3.19. The van der Waals surface area contributed by atoms with Gasteiger partial charge < -0.3 is 5.73 Å². The molecule has 0 radical (unpaired) electrons. The minimum absolute atomic E-state index is 0.775. The Morgan fingerprint density at radius 2 is 1.67 bits per heavy atom. The van der Waals surface area contributed by atoms with Crippen molar-refractivity contribution in [3.05, 3.63) is 0 Å². The summed E-state index contributed by atoms with van der Waals surface area (Å²) in [7, 11) is 0. The van der Waals surface area contributed by atoms with E-state index in [-0.39, 0.29) is 0 Å². The Hall–Kier alpha value is -0.0400. The van der Waals surface area contributed by atoms with E-state index in [0.717, 1.165) is 18.4 Å². The third-order valence-electron chi connectivity index (χ3n) is 2.55. The molecule has 2 atom stereocenters. The highest BCUT2D eigenvalue weighted by Crippen LogP contribution is 2.19. The van der Waals surface area contributed by atoms with Gasteiger partial charge in [-0.05, 0) is 31.2 Å². The summed E-state index contributed by atoms with van der Waals surface area (Å²) in [5.74, 6) is 1.65. The van der Waals surface area contributed by atoms with Gasteiger partial charge in [0.05, 0.1) is 0 Å². The molecule has 2 N–H and O–H groups in total. The fraction of sp³-hybridized carbons (Fsp3) is 1.00. The molecule has 0 aliphatic heterocycles. The van der Waals surface area contributed by atoms with Gasteiger partial charge in [0.2, 0.25) is 0 Å². The molecule has 0 rings (SSSR count). The first-order valence-corrected chi connectivity index (χ1v) is 5.44. The highest BCUT2D eigenvalue weighted by molar-refractivity contribution is 4.63. The number of hydrogen-bond acceptors (Lipinski definition) is 1. The second kappa shape index (κ2) is 7.60. The maximum Gasteiger partial charge on any atom is -0.00488 e. The minimum Gasteiger partial charge on any atom is -0.330 e. The van der Waals surface area contributed by atoms with Gasteiger partial charge in [0.1, 0.15) is 0 Å². The lowest BCUT2D eigenvalue weighted by molar-refractivity contribution is 0.357. The van der Waals surface area contributed by atoms with E-state index in [1.165, 1.54) is 32.1 Å². The van der Waals surface area contributed by atoms with Gasteiger partial charge in [0.15, 0.2) is 0 Å². The quantitative estimate of drug-likeness (QED) is 0.625. The van der Waals surface area contributed by atoms with Gasteiger partial charge in [-0.3, -0.25) is 0 Å². The van der Waals surface area contributed by atoms with Crippen LogP contribution in [-0.4, -0.2) is 6.54 Å². The highest BCUT2D eigenvalue weighted by Gasteiger charge is 2.09. The summed E-state index contributed by atoms with van der Waals surface area (Å²) in [6.07, 6.45) is 6.59. The van der Waals surface area contributed by atoms with Gasteiger partial charge in [-0.1, -0.05) is 40.0 Å². The molecule has 0 aliphatic carbocycles. The molecule has 0 aromatic carbocycles. The molecule has 0 saturated heterocycles. The second-order valence-corrected chi connectivity index (χ2v) is 4.02. The van der Waals surface area contributed by atoms with E-state index in [0.29, 0.717) is 0 Å². The van der Waals surface area contributed by atoms with Crippen molar-refractivity contribution < 1.29 is 0 Å². The van der Waals surface area contributed by atoms with E-state index in [2.05, 4.69) is 20.8 Å². The van der Waals surface area contributed by atoms with Crippen molar-refractivity contribution in [2.45, 2.75) is 52.9 Å². The summed E-state index contributed by atoms with van der Waals surface area (Å²) in [5, 5.41) is 0. The summed E-state index contributed by atoms with van der Waals surface area (Å²) in [6, 6.07) is 0. The Bertz CT molecular complexity index is 91.0. The Labute approximate surface area is 77.7 Å². The van der Waals surface area contributed by atoms with Crippen LogP contribution in [0.4, 0.5) is 0 Å². The molecule has 0 aliphatic rings. The fourth-order valence-corrected chi connectivity index (χ4v) is 1.92. The predicted molar refractivity (Wildman–Crippen MR) is 56.1 cm³/mol. The average molecular weight is 171 g/mol. The summed E-state index contributed by atoms with van der Waals surface area (Å²) < 4.78 is 0. The molecular formula is C11H25N. The second-order valence-electron chi connectivity index (χ2n) is 4.02. The molecule has 0 amide bonds. The monoisotopic (exact) mass is 171 g/mol. The van der Waals surface area contributed by atoms with Crippen molar-refractivity contribution in [1.29, 1.82) is 0 Å². The van der Waals surface area contributed by atoms with Crippen molar-refractivity contribution in [1.82, 2.24) is 0 Å². The van der Waals surface area contributed by atoms with Crippen molar-refractivity contribution in [3.63, 3.8) is 0 Å². The minimum atomic E-state index is 0.775. The van der Waals surface area contributed by atoms with Crippen LogP contribution in [0.2, 0.25) is 0 Å². The molecule has 12 heavy (non-hydrogen) atoms. The first-order chi connectivity index (χ1) is 5.74. The average Bonchev–Trinajstić information content (AvgIpc) is 2.04. The van der Waals surface area contributed by atoms with Crippen molar-refractivity contribution in [3.8, 4) is 0 Å². The van der Waals surface area contributed by atoms with Crippen LogP contribution in [0.1, 0.15) is 52.9 Å². The van der Waals surface area contributed by atoms with Crippen molar-refractivity contribution in [2.24, 2.45) is 17.6 Å². The maximum atomic E-state index is 5.70. The van der Waals surface area contributed by atoms with Crippen LogP contribution in [0.25, 0.3) is 0 Å². The normalized spacial score (nSPS) is 16.0. The SMILES string of the molecule is CCCC(C)CC(CN)CCC. The molecule has 1 nitrogen and oxygen atoms in total. The Balaban J connectivity index is 3.53. The van der Waals surface area contributed by atoms with Crippen LogP contribution in [0.3, 0.4) is 0 Å². The molecule has 0 saturated carbocycles. The lowest BCUT2D eigenvalue weighted by Gasteiger charge is -2.18. The van der Waals surface area contributed by atoms with E-state index < -0.39 is 0 Å². The molecular weight excluding hydrogens is 146 g/mol. The van der Waals surface area contributed by atoms with Gasteiger partial charge in [0, 0.05) is 0 Å². The van der Waals surface area contributed by atoms with Crippen LogP contribution in [0, 0.1) is 11.8 Å². The van der Waals surface area contributed by atoms with Crippen LogP contribution >= 0.6 is 0 Å². The molecule has 0 bridgehead atoms. The molecule has 0 fully saturated rings. The van der Waals surface area contributed by atoms with E-state index in [4.69, 9.17) is 5.73 Å². The van der Waals surface area contributed by atoms with Crippen molar-refractivity contribution >= 4 is 0 Å². The zero-order valence-electron chi connectivity index (χ0n) is 8.97. The molecule has 0 aromatic heterocycles. The van der Waals surface area contributed by atoms with Crippen LogP contribution in [0.5, 0.6) is 0 Å². The smallest absolute Gasteiger partial charge is 0.00488 e. The lowest BCUT2D eigenvalue weighted by Crippen LogP contribution is -2.17. The van der Waals surface area contributed by atoms with Crippen LogP contribution < -0.4 is 5.73 Å². The Kier molecular flexibility index (Phi) is 7.58. The van der Waals surface area contributed by atoms with E-state index >= 15 is 0 Å².